The first-order chi connectivity index (χ1) is 16.6. The number of hydrogen-bond donors (Lipinski definition) is 1. The van der Waals surface area contributed by atoms with Gasteiger partial charge in [0.15, 0.2) is 0 Å². The Kier molecular flexibility index (Phi) is 19.6. The molecular formula is C24H48N4O6S2. The fourth-order valence-corrected chi connectivity index (χ4v) is 3.18. The molecule has 0 bridgehead atoms. The lowest BCUT2D eigenvalue weighted by Crippen LogP contribution is -2.35. The number of nitrogens with zero attached hydrogens (tertiary/aromatic N) is 3. The summed E-state index contributed by atoms with van der Waals surface area (Å²) in [6.45, 7) is 9.99. The predicted octanol–water partition coefficient (Wildman–Crippen LogP) is 2.52. The molecule has 0 saturated carbocycles. The molecule has 2 aromatic rings. The number of H-pyrrole nitrogens is 1. The maximum Gasteiger partial charge on any atom is 0.254 e. The topological polar surface area (TPSA) is 143 Å². The van der Waals surface area contributed by atoms with E-state index in [-0.39, 0.29) is 0 Å². The summed E-state index contributed by atoms with van der Waals surface area (Å²) >= 11 is 0. The lowest BCUT2D eigenvalue weighted by atomic mass is 10.1. The summed E-state index contributed by atoms with van der Waals surface area (Å²) in [6, 6.07) is 0. The van der Waals surface area contributed by atoms with Crippen molar-refractivity contribution in [1.82, 2.24) is 9.55 Å². The molecule has 0 aromatic carbocycles. The zero-order valence-corrected chi connectivity index (χ0v) is 25.0. The van der Waals surface area contributed by atoms with Crippen LogP contribution in [0.4, 0.5) is 0 Å². The third-order valence-electron chi connectivity index (χ3n) is 4.96. The van der Waals surface area contributed by atoms with Crippen LogP contribution in [-0.2, 0) is 60.1 Å². The van der Waals surface area contributed by atoms with E-state index in [9.17, 15) is 0 Å². The van der Waals surface area contributed by atoms with Crippen molar-refractivity contribution in [2.75, 3.05) is 12.5 Å². The first kappa shape index (κ1) is 36.4. The van der Waals surface area contributed by atoms with Crippen molar-refractivity contribution in [3.8, 4) is 0 Å². The zero-order valence-electron chi connectivity index (χ0n) is 23.4. The van der Waals surface area contributed by atoms with Crippen molar-refractivity contribution >= 4 is 20.2 Å². The van der Waals surface area contributed by atoms with Gasteiger partial charge in [-0.25, -0.2) is 35.5 Å². The first-order valence-electron chi connectivity index (χ1n) is 12.5. The van der Waals surface area contributed by atoms with Gasteiger partial charge in [-0.15, -0.1) is 0 Å². The third kappa shape index (κ3) is 22.7. The van der Waals surface area contributed by atoms with Gasteiger partial charge in [0, 0.05) is 31.8 Å². The van der Waals surface area contributed by atoms with Gasteiger partial charge in [0.1, 0.15) is 23.8 Å². The van der Waals surface area contributed by atoms with Crippen LogP contribution in [0.1, 0.15) is 83.4 Å². The minimum absolute atomic E-state index is 0.604. The van der Waals surface area contributed by atoms with Gasteiger partial charge in [0.25, 0.3) is 5.82 Å². The fourth-order valence-electron chi connectivity index (χ4n) is 3.18. The highest BCUT2D eigenvalue weighted by atomic mass is 32.2. The van der Waals surface area contributed by atoms with Gasteiger partial charge < -0.3 is 9.11 Å². The molecule has 0 fully saturated rings. The Hall–Kier alpha value is -1.76. The SMILES string of the molecule is CCCCc1[nH]c(CCCC)[n+](C)c1CCCC.CCn1cc[n+](C)c1.CS(=O)(=O)[O-].CS(=O)(=O)[O-]. The number of hydrogen-bond acceptors (Lipinski definition) is 6. The number of rotatable bonds is 10. The van der Waals surface area contributed by atoms with E-state index in [2.05, 4.69) is 61.4 Å². The Morgan fingerprint density at radius 2 is 1.28 bits per heavy atom. The van der Waals surface area contributed by atoms with E-state index in [1.165, 1.54) is 69.3 Å². The van der Waals surface area contributed by atoms with Crippen LogP contribution in [0.5, 0.6) is 0 Å². The Morgan fingerprint density at radius 3 is 1.64 bits per heavy atom. The molecule has 0 unspecified atom stereocenters. The predicted molar refractivity (Wildman–Crippen MR) is 140 cm³/mol. The van der Waals surface area contributed by atoms with E-state index < -0.39 is 20.2 Å². The Morgan fingerprint density at radius 1 is 0.833 bits per heavy atom. The van der Waals surface area contributed by atoms with Crippen LogP contribution in [0.15, 0.2) is 18.7 Å². The Labute approximate surface area is 219 Å². The largest absolute Gasteiger partial charge is 0.748 e. The standard InChI is InChI=1S/C16H30N2.C6H11N2.2CH4O3S/c1-5-8-11-14-15(12-9-6-2)18(4)16(17-14)13-10-7-3;1-3-8-5-4-7(2)6-8;2*1-5(2,3)4/h5-13H2,1-4H3;4-6H,3H2,1-2H3;2*1H3,(H,2,3,4)/q;+1;;/p-1. The molecule has 0 saturated heterocycles. The summed E-state index contributed by atoms with van der Waals surface area (Å²) in [4.78, 5) is 3.69. The van der Waals surface area contributed by atoms with Crippen molar-refractivity contribution in [2.45, 2.75) is 92.0 Å². The molecule has 2 rings (SSSR count). The highest BCUT2D eigenvalue weighted by molar-refractivity contribution is 7.85. The normalized spacial score (nSPS) is 10.9. The molecule has 2 aromatic heterocycles. The minimum Gasteiger partial charge on any atom is -0.748 e. The van der Waals surface area contributed by atoms with Crippen molar-refractivity contribution in [2.24, 2.45) is 14.1 Å². The Balaban J connectivity index is 0. The van der Waals surface area contributed by atoms with Gasteiger partial charge in [-0.05, 0) is 26.2 Å². The van der Waals surface area contributed by atoms with Gasteiger partial charge in [0.2, 0.25) is 6.33 Å². The molecule has 12 heteroatoms. The molecule has 0 atom stereocenters. The molecule has 0 spiro atoms. The van der Waals surface area contributed by atoms with Crippen LogP contribution in [-0.4, -0.2) is 48.0 Å². The van der Waals surface area contributed by atoms with Gasteiger partial charge in [-0.1, -0.05) is 40.0 Å². The fraction of sp³-hybridized carbons (Fsp3) is 0.750. The monoisotopic (exact) mass is 552 g/mol. The molecule has 0 radical (unpaired) electrons. The summed E-state index contributed by atoms with van der Waals surface area (Å²) in [5.41, 5.74) is 3.05. The summed E-state index contributed by atoms with van der Waals surface area (Å²) in [6.07, 6.45) is 18.7. The highest BCUT2D eigenvalue weighted by Gasteiger charge is 2.20. The average Bonchev–Trinajstić information content (AvgIpc) is 3.30. The second-order valence-electron chi connectivity index (χ2n) is 8.68. The molecule has 0 aliphatic heterocycles. The number of aryl methyl sites for hydroxylation is 4. The molecule has 212 valence electrons. The number of aromatic amines is 1. The average molecular weight is 553 g/mol. The molecule has 0 aliphatic carbocycles. The van der Waals surface area contributed by atoms with E-state index in [4.69, 9.17) is 25.9 Å². The van der Waals surface area contributed by atoms with Crippen molar-refractivity contribution in [1.29, 1.82) is 0 Å². The number of nitrogens with one attached hydrogen (secondary N) is 1. The number of unbranched alkanes of at least 4 members (excludes halogenated alkanes) is 3. The quantitative estimate of drug-likeness (QED) is 0.354. The van der Waals surface area contributed by atoms with Crippen LogP contribution in [0.3, 0.4) is 0 Å². The zero-order chi connectivity index (χ0) is 28.4. The lowest BCUT2D eigenvalue weighted by Gasteiger charge is -2.00. The van der Waals surface area contributed by atoms with Crippen LogP contribution < -0.4 is 9.13 Å². The van der Waals surface area contributed by atoms with Gasteiger partial charge in [-0.3, -0.25) is 0 Å². The highest BCUT2D eigenvalue weighted by Crippen LogP contribution is 2.12. The van der Waals surface area contributed by atoms with E-state index >= 15 is 0 Å². The first-order valence-corrected chi connectivity index (χ1v) is 16.1. The van der Waals surface area contributed by atoms with Crippen LogP contribution in [0.2, 0.25) is 0 Å². The van der Waals surface area contributed by atoms with Gasteiger partial charge in [0.05, 0.1) is 40.9 Å². The van der Waals surface area contributed by atoms with Crippen molar-refractivity contribution in [3.05, 3.63) is 35.9 Å². The third-order valence-corrected chi connectivity index (χ3v) is 4.96. The molecule has 36 heavy (non-hydrogen) atoms. The molecule has 0 aliphatic rings. The van der Waals surface area contributed by atoms with Crippen LogP contribution in [0.25, 0.3) is 0 Å². The smallest absolute Gasteiger partial charge is 0.254 e. The number of aromatic nitrogens is 4. The van der Waals surface area contributed by atoms with Crippen LogP contribution in [0, 0.1) is 0 Å². The van der Waals surface area contributed by atoms with Gasteiger partial charge >= 0.3 is 0 Å². The second kappa shape index (κ2) is 19.4. The van der Waals surface area contributed by atoms with Crippen molar-refractivity contribution < 1.29 is 35.1 Å². The maximum absolute atomic E-state index is 9.08. The summed E-state index contributed by atoms with van der Waals surface area (Å²) in [5, 5.41) is 0. The van der Waals surface area contributed by atoms with Gasteiger partial charge in [-0.2, -0.15) is 0 Å². The van der Waals surface area contributed by atoms with Crippen LogP contribution >= 0.6 is 0 Å². The van der Waals surface area contributed by atoms with E-state index in [1.807, 2.05) is 17.8 Å². The second-order valence-corrected chi connectivity index (χ2v) is 11.5. The van der Waals surface area contributed by atoms with E-state index in [1.54, 1.807) is 5.69 Å². The van der Waals surface area contributed by atoms with Crippen molar-refractivity contribution in [3.63, 3.8) is 0 Å². The molecule has 2 heterocycles. The number of imidazole rings is 2. The Bertz CT molecular complexity index is 999. The molecular weight excluding hydrogens is 504 g/mol. The maximum atomic E-state index is 9.08. The summed E-state index contributed by atoms with van der Waals surface area (Å²) in [5.74, 6) is 1.43. The molecule has 1 N–H and O–H groups in total. The summed E-state index contributed by atoms with van der Waals surface area (Å²) < 4.78 is 61.0. The molecule has 0 amide bonds. The minimum atomic E-state index is -3.92. The molecule has 10 nitrogen and oxygen atoms in total. The van der Waals surface area contributed by atoms with E-state index in [0.29, 0.717) is 12.5 Å². The lowest BCUT2D eigenvalue weighted by molar-refractivity contribution is -0.685. The van der Waals surface area contributed by atoms with E-state index in [0.717, 1.165) is 6.54 Å². The summed E-state index contributed by atoms with van der Waals surface area (Å²) in [7, 11) is -3.58.